The van der Waals surface area contributed by atoms with E-state index in [1.807, 2.05) is 49.1 Å². The van der Waals surface area contributed by atoms with Gasteiger partial charge < -0.3 is 20.4 Å². The Bertz CT molecular complexity index is 710. The number of piperazine rings is 1. The molecular weight excluding hydrogens is 368 g/mol. The van der Waals surface area contributed by atoms with E-state index in [9.17, 15) is 14.4 Å². The number of benzene rings is 1. The molecule has 1 aliphatic carbocycles. The number of hydrogen-bond acceptors (Lipinski definition) is 3. The van der Waals surface area contributed by atoms with E-state index < -0.39 is 6.04 Å². The highest BCUT2D eigenvalue weighted by Gasteiger charge is 2.34. The lowest BCUT2D eigenvalue weighted by Crippen LogP contribution is -2.58. The van der Waals surface area contributed by atoms with Gasteiger partial charge in [0.1, 0.15) is 6.04 Å². The van der Waals surface area contributed by atoms with E-state index >= 15 is 0 Å². The van der Waals surface area contributed by atoms with E-state index in [0.717, 1.165) is 24.8 Å². The van der Waals surface area contributed by atoms with Crippen molar-refractivity contribution in [3.8, 4) is 0 Å². The first-order valence-corrected chi connectivity index (χ1v) is 10.6. The van der Waals surface area contributed by atoms with E-state index in [4.69, 9.17) is 0 Å². The van der Waals surface area contributed by atoms with Crippen molar-refractivity contribution >= 4 is 17.8 Å². The number of hydrogen-bond donors (Lipinski definition) is 2. The molecule has 1 unspecified atom stereocenters. The molecule has 0 bridgehead atoms. The second-order valence-electron chi connectivity index (χ2n) is 8.31. The summed E-state index contributed by atoms with van der Waals surface area (Å²) < 4.78 is 0. The molecule has 1 saturated carbocycles. The highest BCUT2D eigenvalue weighted by atomic mass is 16.2. The zero-order valence-corrected chi connectivity index (χ0v) is 17.4. The molecule has 158 valence electrons. The summed E-state index contributed by atoms with van der Waals surface area (Å²) in [5.41, 5.74) is 1.00. The molecule has 1 atom stereocenters. The Kier molecular flexibility index (Phi) is 7.12. The minimum Gasteiger partial charge on any atom is -0.339 e. The zero-order chi connectivity index (χ0) is 20.8. The molecule has 3 rings (SSSR count). The van der Waals surface area contributed by atoms with Gasteiger partial charge in [-0.05, 0) is 24.3 Å². The number of carbonyl (C=O) groups excluding carboxylic acids is 3. The molecule has 1 aliphatic heterocycles. The molecule has 29 heavy (non-hydrogen) atoms. The van der Waals surface area contributed by atoms with Gasteiger partial charge in [0.05, 0.1) is 0 Å². The summed E-state index contributed by atoms with van der Waals surface area (Å²) in [4.78, 5) is 41.4. The van der Waals surface area contributed by atoms with Gasteiger partial charge in [0.25, 0.3) is 0 Å². The summed E-state index contributed by atoms with van der Waals surface area (Å²) in [6.45, 7) is 6.46. The second kappa shape index (κ2) is 9.76. The van der Waals surface area contributed by atoms with Crippen LogP contribution >= 0.6 is 0 Å². The van der Waals surface area contributed by atoms with E-state index in [2.05, 4.69) is 10.6 Å². The minimum absolute atomic E-state index is 0.0281. The van der Waals surface area contributed by atoms with Gasteiger partial charge in [-0.1, -0.05) is 50.6 Å². The molecular formula is C22H32N4O3. The van der Waals surface area contributed by atoms with Crippen LogP contribution in [0.3, 0.4) is 0 Å². The van der Waals surface area contributed by atoms with Gasteiger partial charge in [0.15, 0.2) is 0 Å². The number of amides is 4. The number of rotatable bonds is 6. The Morgan fingerprint density at radius 2 is 1.62 bits per heavy atom. The Morgan fingerprint density at radius 1 is 1.00 bits per heavy atom. The van der Waals surface area contributed by atoms with E-state index in [-0.39, 0.29) is 29.7 Å². The highest BCUT2D eigenvalue weighted by Crippen LogP contribution is 2.28. The summed E-state index contributed by atoms with van der Waals surface area (Å²) in [5.74, 6) is 0.322. The van der Waals surface area contributed by atoms with Crippen LogP contribution in [0.1, 0.15) is 38.7 Å². The predicted octanol–water partition coefficient (Wildman–Crippen LogP) is 1.98. The van der Waals surface area contributed by atoms with Crippen LogP contribution in [0.4, 0.5) is 4.79 Å². The first-order chi connectivity index (χ1) is 14.0. The van der Waals surface area contributed by atoms with Gasteiger partial charge in [0.2, 0.25) is 11.8 Å². The van der Waals surface area contributed by atoms with Crippen LogP contribution in [0.15, 0.2) is 30.3 Å². The molecule has 2 aliphatic rings. The van der Waals surface area contributed by atoms with Crippen LogP contribution in [0.2, 0.25) is 0 Å². The van der Waals surface area contributed by atoms with Crippen molar-refractivity contribution in [2.75, 3.05) is 26.2 Å². The summed E-state index contributed by atoms with van der Waals surface area (Å²) in [7, 11) is 0. The maximum Gasteiger partial charge on any atom is 0.315 e. The standard InChI is InChI=1S/C22H32N4O3/c1-16(2)19(24-22(29)23-15-17-7-4-3-5-8-17)21(28)26-13-11-25(12-14-26)20(27)18-9-6-10-18/h3-5,7-8,16,18-19H,6,9-15H2,1-2H3,(H2,23,24,29). The molecule has 0 spiro atoms. The fourth-order valence-electron chi connectivity index (χ4n) is 3.74. The average molecular weight is 401 g/mol. The molecule has 1 saturated heterocycles. The summed E-state index contributed by atoms with van der Waals surface area (Å²) in [6.07, 6.45) is 3.13. The van der Waals surface area contributed by atoms with Crippen molar-refractivity contribution in [2.24, 2.45) is 11.8 Å². The van der Waals surface area contributed by atoms with Gasteiger partial charge >= 0.3 is 6.03 Å². The molecule has 2 N–H and O–H groups in total. The van der Waals surface area contributed by atoms with Crippen molar-refractivity contribution in [2.45, 2.75) is 45.7 Å². The van der Waals surface area contributed by atoms with Crippen molar-refractivity contribution in [1.29, 1.82) is 0 Å². The van der Waals surface area contributed by atoms with Gasteiger partial charge in [0, 0.05) is 38.6 Å². The minimum atomic E-state index is -0.584. The summed E-state index contributed by atoms with van der Waals surface area (Å²) in [6, 6.07) is 8.72. The third kappa shape index (κ3) is 5.49. The smallest absolute Gasteiger partial charge is 0.315 e. The Balaban J connectivity index is 1.48. The summed E-state index contributed by atoms with van der Waals surface area (Å²) >= 11 is 0. The van der Waals surface area contributed by atoms with Crippen molar-refractivity contribution in [3.05, 3.63) is 35.9 Å². The van der Waals surface area contributed by atoms with Crippen LogP contribution < -0.4 is 10.6 Å². The topological polar surface area (TPSA) is 81.8 Å². The van der Waals surface area contributed by atoms with Crippen molar-refractivity contribution in [1.82, 2.24) is 20.4 Å². The summed E-state index contributed by atoms with van der Waals surface area (Å²) in [5, 5.41) is 5.65. The average Bonchev–Trinajstić information content (AvgIpc) is 2.69. The molecule has 1 aromatic rings. The third-order valence-electron chi connectivity index (χ3n) is 5.87. The molecule has 4 amide bonds. The lowest BCUT2D eigenvalue weighted by atomic mass is 9.84. The fraction of sp³-hybridized carbons (Fsp3) is 0.591. The molecule has 0 aromatic heterocycles. The van der Waals surface area contributed by atoms with Gasteiger partial charge in [-0.15, -0.1) is 0 Å². The highest BCUT2D eigenvalue weighted by molar-refractivity contribution is 5.87. The fourth-order valence-corrected chi connectivity index (χ4v) is 3.74. The van der Waals surface area contributed by atoms with Crippen LogP contribution in [0.5, 0.6) is 0 Å². The maximum atomic E-state index is 13.0. The second-order valence-corrected chi connectivity index (χ2v) is 8.31. The van der Waals surface area contributed by atoms with Crippen molar-refractivity contribution < 1.29 is 14.4 Å². The normalized spacial score (nSPS) is 18.2. The zero-order valence-electron chi connectivity index (χ0n) is 17.4. The largest absolute Gasteiger partial charge is 0.339 e. The Labute approximate surface area is 172 Å². The molecule has 2 fully saturated rings. The molecule has 1 aromatic carbocycles. The quantitative estimate of drug-likeness (QED) is 0.766. The number of nitrogens with one attached hydrogen (secondary N) is 2. The van der Waals surface area contributed by atoms with Gasteiger partial charge in [-0.3, -0.25) is 9.59 Å². The first kappa shape index (κ1) is 21.1. The van der Waals surface area contributed by atoms with Crippen molar-refractivity contribution in [3.63, 3.8) is 0 Å². The predicted molar refractivity (Wildman–Crippen MR) is 111 cm³/mol. The Morgan fingerprint density at radius 3 is 2.17 bits per heavy atom. The van der Waals surface area contributed by atoms with Crippen LogP contribution in [-0.2, 0) is 16.1 Å². The van der Waals surface area contributed by atoms with Gasteiger partial charge in [-0.2, -0.15) is 0 Å². The lowest BCUT2D eigenvalue weighted by molar-refractivity contribution is -0.145. The van der Waals surface area contributed by atoms with E-state index in [1.54, 1.807) is 4.90 Å². The maximum absolute atomic E-state index is 13.0. The van der Waals surface area contributed by atoms with Crippen LogP contribution in [0.25, 0.3) is 0 Å². The third-order valence-corrected chi connectivity index (χ3v) is 5.87. The number of carbonyl (C=O) groups is 3. The van der Waals surface area contributed by atoms with E-state index in [1.165, 1.54) is 0 Å². The SMILES string of the molecule is CC(C)C(NC(=O)NCc1ccccc1)C(=O)N1CCN(C(=O)C2CCC2)CC1. The molecule has 7 heteroatoms. The van der Waals surface area contributed by atoms with E-state index in [0.29, 0.717) is 32.7 Å². The lowest BCUT2D eigenvalue weighted by Gasteiger charge is -2.39. The van der Waals surface area contributed by atoms with Crippen LogP contribution in [-0.4, -0.2) is 59.9 Å². The molecule has 1 heterocycles. The molecule has 0 radical (unpaired) electrons. The number of urea groups is 1. The number of nitrogens with zero attached hydrogens (tertiary/aromatic N) is 2. The Hall–Kier alpha value is -2.57. The van der Waals surface area contributed by atoms with Gasteiger partial charge in [-0.25, -0.2) is 4.79 Å². The first-order valence-electron chi connectivity index (χ1n) is 10.6. The monoisotopic (exact) mass is 400 g/mol. The molecule has 7 nitrogen and oxygen atoms in total. The van der Waals surface area contributed by atoms with Crippen LogP contribution in [0, 0.1) is 11.8 Å².